The Morgan fingerprint density at radius 1 is 0.800 bits per heavy atom. The van der Waals surface area contributed by atoms with Crippen LogP contribution in [0.2, 0.25) is 0 Å². The fourth-order valence-electron chi connectivity index (χ4n) is 1.66. The second-order valence-corrected chi connectivity index (χ2v) is 8.26. The highest BCUT2D eigenvalue weighted by molar-refractivity contribution is 5.89. The zero-order chi connectivity index (χ0) is 31.5. The molecular formula is C22H30F8IO9-. The smallest absolute Gasteiger partial charge is 0.335 e. The second-order valence-electron chi connectivity index (χ2n) is 8.26. The van der Waals surface area contributed by atoms with E-state index in [4.69, 9.17) is 10.2 Å². The molecule has 9 nitrogen and oxygen atoms in total. The molecular weight excluding hydrogens is 687 g/mol. The molecule has 1 rings (SSSR count). The predicted molar refractivity (Wildman–Crippen MR) is 116 cm³/mol. The lowest BCUT2D eigenvalue weighted by Gasteiger charge is -2.27. The molecule has 0 unspecified atom stereocenters. The molecule has 236 valence electrons. The third-order valence-corrected chi connectivity index (χ3v) is 4.15. The number of ketones is 1. The van der Waals surface area contributed by atoms with Gasteiger partial charge in [-0.3, -0.25) is 4.79 Å². The molecule has 1 heterocycles. The van der Waals surface area contributed by atoms with Gasteiger partial charge in [0.15, 0.2) is 5.78 Å². The summed E-state index contributed by atoms with van der Waals surface area (Å²) in [6.07, 6.45) is 0. The average molecular weight is 717 g/mol. The molecule has 0 aliphatic carbocycles. The molecule has 1 saturated heterocycles. The molecule has 1 fully saturated rings. The summed E-state index contributed by atoms with van der Waals surface area (Å²) in [5.41, 5.74) is 0.383. The predicted octanol–water partition coefficient (Wildman–Crippen LogP) is 0.0796. The van der Waals surface area contributed by atoms with E-state index >= 15 is 0 Å². The van der Waals surface area contributed by atoms with Crippen molar-refractivity contribution < 1.29 is 103 Å². The molecule has 18 heteroatoms. The standard InChI is InChI=1S/C11H14F4O4.C7H10O3.C4H6F4O2.HI/c1-7(2)8(16)17-4-9(3)18-5-10(12,13)11(14,15)6-19-9;1-5(2)7(9)10-4-6(3)8;5-3(6,1-9)4(7,8)2-10;/h1,4-6H2,2-3H3;1,4H2,2-3H3;9-10H,1-2H2;1H/p-1. The number of aliphatic hydroxyl groups is 2. The zero-order valence-electron chi connectivity index (χ0n) is 21.8. The van der Waals surface area contributed by atoms with E-state index in [2.05, 4.69) is 32.1 Å². The Labute approximate surface area is 241 Å². The Morgan fingerprint density at radius 2 is 1.12 bits per heavy atom. The Hall–Kier alpha value is -1.90. The van der Waals surface area contributed by atoms with Crippen molar-refractivity contribution >= 4 is 17.7 Å². The monoisotopic (exact) mass is 717 g/mol. The first kappa shape index (κ1) is 42.6. The first-order valence-electron chi connectivity index (χ1n) is 10.6. The number of rotatable bonds is 9. The molecule has 0 saturated carbocycles. The van der Waals surface area contributed by atoms with Crippen molar-refractivity contribution in [1.82, 2.24) is 0 Å². The van der Waals surface area contributed by atoms with E-state index in [9.17, 15) is 49.5 Å². The Morgan fingerprint density at radius 3 is 1.40 bits per heavy atom. The van der Waals surface area contributed by atoms with Crippen molar-refractivity contribution in [3.8, 4) is 0 Å². The van der Waals surface area contributed by atoms with Gasteiger partial charge in [-0.1, -0.05) is 13.2 Å². The molecule has 2 N–H and O–H groups in total. The number of esters is 2. The minimum Gasteiger partial charge on any atom is -1.00 e. The number of carbonyl (C=O) groups is 3. The van der Waals surface area contributed by atoms with E-state index in [-0.39, 0.29) is 41.9 Å². The SMILES string of the molecule is C=C(C)C(=O)OCC(C)=O.C=C(C)C(=O)OCC1(C)OCC(F)(F)C(F)(F)CO1.OCC(F)(F)C(F)(F)CO.[I-]. The molecule has 0 amide bonds. The lowest BCUT2D eigenvalue weighted by molar-refractivity contribution is -0.246. The fraction of sp³-hybridized carbons (Fsp3) is 0.682. The minimum atomic E-state index is -4.54. The van der Waals surface area contributed by atoms with Crippen molar-refractivity contribution in [2.45, 2.75) is 57.2 Å². The van der Waals surface area contributed by atoms with Crippen LogP contribution in [0, 0.1) is 0 Å². The van der Waals surface area contributed by atoms with E-state index < -0.39 is 74.5 Å². The van der Waals surface area contributed by atoms with E-state index in [0.717, 1.165) is 6.92 Å². The molecule has 0 aromatic heterocycles. The van der Waals surface area contributed by atoms with Gasteiger partial charge < -0.3 is 53.1 Å². The summed E-state index contributed by atoms with van der Waals surface area (Å²) in [4.78, 5) is 32.0. The van der Waals surface area contributed by atoms with Gasteiger partial charge in [-0.2, -0.15) is 35.1 Å². The second kappa shape index (κ2) is 17.1. The van der Waals surface area contributed by atoms with Gasteiger partial charge in [0.25, 0.3) is 0 Å². The number of aliphatic hydroxyl groups excluding tert-OH is 2. The summed E-state index contributed by atoms with van der Waals surface area (Å²) in [7, 11) is 0. The summed E-state index contributed by atoms with van der Waals surface area (Å²) in [5.74, 6) is -21.1. The number of halogens is 9. The maximum absolute atomic E-state index is 13.0. The summed E-state index contributed by atoms with van der Waals surface area (Å²) in [5, 5.41) is 15.4. The van der Waals surface area contributed by atoms with Crippen LogP contribution in [-0.2, 0) is 33.3 Å². The van der Waals surface area contributed by atoms with Gasteiger partial charge in [0.2, 0.25) is 5.79 Å². The zero-order valence-corrected chi connectivity index (χ0v) is 24.0. The number of hydrogen-bond donors (Lipinski definition) is 2. The Kier molecular flexibility index (Phi) is 18.2. The van der Waals surface area contributed by atoms with Crippen molar-refractivity contribution in [1.29, 1.82) is 0 Å². The average Bonchev–Trinajstić information content (AvgIpc) is 2.91. The molecule has 0 aromatic carbocycles. The fourth-order valence-corrected chi connectivity index (χ4v) is 1.66. The summed E-state index contributed by atoms with van der Waals surface area (Å²) in [6, 6.07) is 0. The van der Waals surface area contributed by atoms with Crippen LogP contribution in [0.4, 0.5) is 35.1 Å². The topological polar surface area (TPSA) is 129 Å². The minimum absolute atomic E-state index is 0. The van der Waals surface area contributed by atoms with Crippen LogP contribution in [0.5, 0.6) is 0 Å². The van der Waals surface area contributed by atoms with E-state index in [1.807, 2.05) is 0 Å². The Balaban J connectivity index is -0.000000557. The molecule has 40 heavy (non-hydrogen) atoms. The molecule has 0 spiro atoms. The van der Waals surface area contributed by atoms with Gasteiger partial charge in [0, 0.05) is 11.1 Å². The van der Waals surface area contributed by atoms with Crippen molar-refractivity contribution in [2.75, 3.05) is 39.6 Å². The van der Waals surface area contributed by atoms with Gasteiger partial charge >= 0.3 is 35.6 Å². The van der Waals surface area contributed by atoms with E-state index in [0.29, 0.717) is 5.57 Å². The van der Waals surface area contributed by atoms with Crippen LogP contribution in [-0.4, -0.2) is 97.1 Å². The molecule has 0 radical (unpaired) electrons. The number of carbonyl (C=O) groups excluding carboxylic acids is 3. The van der Waals surface area contributed by atoms with Crippen molar-refractivity contribution in [3.63, 3.8) is 0 Å². The number of ether oxygens (including phenoxy) is 4. The van der Waals surface area contributed by atoms with E-state index in [1.54, 1.807) is 0 Å². The number of alkyl halides is 8. The molecule has 0 aromatic rings. The molecule has 1 aliphatic rings. The third-order valence-electron chi connectivity index (χ3n) is 4.15. The normalized spacial score (nSPS) is 17.1. The van der Waals surface area contributed by atoms with Crippen molar-refractivity contribution in [2.24, 2.45) is 0 Å². The van der Waals surface area contributed by atoms with Gasteiger partial charge in [0.1, 0.15) is 39.6 Å². The van der Waals surface area contributed by atoms with Crippen LogP contribution in [0.1, 0.15) is 27.7 Å². The quantitative estimate of drug-likeness (QED) is 0.148. The van der Waals surface area contributed by atoms with Crippen molar-refractivity contribution in [3.05, 3.63) is 24.3 Å². The first-order valence-corrected chi connectivity index (χ1v) is 10.6. The van der Waals surface area contributed by atoms with Crippen LogP contribution < -0.4 is 24.0 Å². The van der Waals surface area contributed by atoms with Gasteiger partial charge in [-0.25, -0.2) is 9.59 Å². The van der Waals surface area contributed by atoms with E-state index in [1.165, 1.54) is 20.8 Å². The lowest BCUT2D eigenvalue weighted by Crippen LogP contribution is -3.00. The number of hydrogen-bond acceptors (Lipinski definition) is 9. The molecule has 0 atom stereocenters. The van der Waals surface area contributed by atoms with Crippen LogP contribution in [0.15, 0.2) is 24.3 Å². The first-order chi connectivity index (χ1) is 17.4. The van der Waals surface area contributed by atoms with Crippen LogP contribution in [0.25, 0.3) is 0 Å². The highest BCUT2D eigenvalue weighted by Gasteiger charge is 2.60. The van der Waals surface area contributed by atoms with Crippen LogP contribution in [0.3, 0.4) is 0 Å². The lowest BCUT2D eigenvalue weighted by atomic mass is 10.2. The van der Waals surface area contributed by atoms with Gasteiger partial charge in [-0.15, -0.1) is 0 Å². The maximum atomic E-state index is 13.0. The highest BCUT2D eigenvalue weighted by atomic mass is 127. The number of Topliss-reactive ketones (excluding diaryl/α,β-unsaturated/α-hetero) is 1. The Bertz CT molecular complexity index is 850. The summed E-state index contributed by atoms with van der Waals surface area (Å²) in [6.45, 7) is 4.30. The molecule has 1 aliphatic heterocycles. The summed E-state index contributed by atoms with van der Waals surface area (Å²) >= 11 is 0. The third kappa shape index (κ3) is 14.6. The van der Waals surface area contributed by atoms with Crippen LogP contribution >= 0.6 is 0 Å². The highest BCUT2D eigenvalue weighted by Crippen LogP contribution is 2.39. The largest absolute Gasteiger partial charge is 1.00 e. The van der Waals surface area contributed by atoms with Gasteiger partial charge in [0.05, 0.1) is 0 Å². The molecule has 0 bridgehead atoms. The maximum Gasteiger partial charge on any atom is 0.335 e. The summed E-state index contributed by atoms with van der Waals surface area (Å²) < 4.78 is 118. The van der Waals surface area contributed by atoms with Gasteiger partial charge in [-0.05, 0) is 27.7 Å².